The number of nitrogens with zero attached hydrogens (tertiary/aromatic N) is 3. The molecule has 2 aromatic heterocycles. The van der Waals surface area contributed by atoms with E-state index in [-0.39, 0.29) is 11.8 Å². The zero-order valence-electron chi connectivity index (χ0n) is 13.4. The van der Waals surface area contributed by atoms with Gasteiger partial charge in [-0.2, -0.15) is 11.3 Å². The molecule has 0 saturated carbocycles. The number of likely N-dealkylation sites (tertiary alicyclic amines) is 1. The van der Waals surface area contributed by atoms with E-state index in [1.165, 1.54) is 0 Å². The molecule has 0 N–H and O–H groups in total. The Bertz CT molecular complexity index is 878. The van der Waals surface area contributed by atoms with Crippen molar-refractivity contribution in [3.63, 3.8) is 0 Å². The minimum atomic E-state index is 0.0450. The van der Waals surface area contributed by atoms with E-state index in [1.54, 1.807) is 11.3 Å². The molecule has 1 aliphatic heterocycles. The van der Waals surface area contributed by atoms with E-state index < -0.39 is 0 Å². The number of amides is 1. The van der Waals surface area contributed by atoms with Gasteiger partial charge in [-0.05, 0) is 42.5 Å². The quantitative estimate of drug-likeness (QED) is 0.625. The molecule has 0 aliphatic carbocycles. The maximum atomic E-state index is 12.8. The number of aromatic nitrogens is 2. The van der Waals surface area contributed by atoms with Crippen LogP contribution in [-0.4, -0.2) is 34.1 Å². The first-order valence-corrected chi connectivity index (χ1v) is 9.85. The summed E-state index contributed by atoms with van der Waals surface area (Å²) in [5, 5.41) is 12.3. The van der Waals surface area contributed by atoms with Gasteiger partial charge in [0, 0.05) is 34.1 Å². The van der Waals surface area contributed by atoms with Gasteiger partial charge in [-0.1, -0.05) is 22.0 Å². The molecular weight excluding hydrogens is 402 g/mol. The molecule has 1 aromatic carbocycles. The topological polar surface area (TPSA) is 59.2 Å². The summed E-state index contributed by atoms with van der Waals surface area (Å²) < 4.78 is 6.77. The van der Waals surface area contributed by atoms with Crippen LogP contribution in [0, 0.1) is 0 Å². The largest absolute Gasteiger partial charge is 0.420 e. The predicted molar refractivity (Wildman–Crippen MR) is 99.6 cm³/mol. The fraction of sp³-hybridized carbons (Fsp3) is 0.278. The first-order valence-electron chi connectivity index (χ1n) is 8.11. The smallest absolute Gasteiger partial charge is 0.253 e. The highest BCUT2D eigenvalue weighted by molar-refractivity contribution is 9.10. The number of carbonyl (C=O) groups is 1. The minimum absolute atomic E-state index is 0.0450. The number of hydrogen-bond acceptors (Lipinski definition) is 5. The van der Waals surface area contributed by atoms with E-state index >= 15 is 0 Å². The molecule has 3 aromatic rings. The molecule has 1 saturated heterocycles. The second-order valence-corrected chi connectivity index (χ2v) is 7.75. The fourth-order valence-electron chi connectivity index (χ4n) is 3.07. The molecule has 1 unspecified atom stereocenters. The average Bonchev–Trinajstić information content (AvgIpc) is 3.32. The number of hydrogen-bond donors (Lipinski definition) is 0. The highest BCUT2D eigenvalue weighted by Gasteiger charge is 2.29. The minimum Gasteiger partial charge on any atom is -0.420 e. The summed E-state index contributed by atoms with van der Waals surface area (Å²) in [6.07, 6.45) is 1.88. The Balaban J connectivity index is 1.50. The van der Waals surface area contributed by atoms with Gasteiger partial charge in [-0.3, -0.25) is 4.79 Å². The van der Waals surface area contributed by atoms with E-state index in [2.05, 4.69) is 26.1 Å². The lowest BCUT2D eigenvalue weighted by Gasteiger charge is -2.31. The zero-order chi connectivity index (χ0) is 17.2. The second-order valence-electron chi connectivity index (χ2n) is 6.06. The maximum absolute atomic E-state index is 12.8. The van der Waals surface area contributed by atoms with E-state index in [0.717, 1.165) is 29.4 Å². The van der Waals surface area contributed by atoms with Crippen LogP contribution in [0.25, 0.3) is 11.5 Å². The number of halogens is 1. The molecule has 5 nitrogen and oxygen atoms in total. The molecule has 3 heterocycles. The van der Waals surface area contributed by atoms with Gasteiger partial charge < -0.3 is 9.32 Å². The fourth-order valence-corrected chi connectivity index (χ4v) is 4.10. The van der Waals surface area contributed by atoms with E-state index in [1.807, 2.05) is 46.0 Å². The van der Waals surface area contributed by atoms with Crippen LogP contribution in [0.5, 0.6) is 0 Å². The Morgan fingerprint density at radius 1 is 1.32 bits per heavy atom. The number of piperidine rings is 1. The van der Waals surface area contributed by atoms with Crippen molar-refractivity contribution in [2.75, 3.05) is 13.1 Å². The molecule has 1 aliphatic rings. The van der Waals surface area contributed by atoms with Crippen molar-refractivity contribution in [2.24, 2.45) is 0 Å². The standard InChI is InChI=1S/C18H16BrN3O2S/c19-15-5-1-3-12(9-15)18(23)22-7-2-4-13(10-22)16-20-21-17(24-16)14-6-8-25-11-14/h1,3,5-6,8-9,11,13H,2,4,7,10H2. The summed E-state index contributed by atoms with van der Waals surface area (Å²) in [6, 6.07) is 9.46. The van der Waals surface area contributed by atoms with Crippen molar-refractivity contribution in [3.05, 3.63) is 57.0 Å². The third kappa shape index (κ3) is 3.52. The Morgan fingerprint density at radius 3 is 3.04 bits per heavy atom. The van der Waals surface area contributed by atoms with Crippen molar-refractivity contribution in [1.29, 1.82) is 0 Å². The first-order chi connectivity index (χ1) is 12.2. The van der Waals surface area contributed by atoms with Gasteiger partial charge in [0.15, 0.2) is 0 Å². The van der Waals surface area contributed by atoms with Crippen LogP contribution < -0.4 is 0 Å². The third-order valence-electron chi connectivity index (χ3n) is 4.34. The molecule has 25 heavy (non-hydrogen) atoms. The number of carbonyl (C=O) groups excluding carboxylic acids is 1. The molecule has 4 rings (SSSR count). The van der Waals surface area contributed by atoms with Crippen LogP contribution in [0.4, 0.5) is 0 Å². The van der Waals surface area contributed by atoms with Crippen LogP contribution in [0.3, 0.4) is 0 Å². The number of rotatable bonds is 3. The lowest BCUT2D eigenvalue weighted by molar-refractivity contribution is 0.0698. The van der Waals surface area contributed by atoms with Crippen molar-refractivity contribution in [2.45, 2.75) is 18.8 Å². The molecular formula is C18H16BrN3O2S. The first kappa shape index (κ1) is 16.5. The number of benzene rings is 1. The highest BCUT2D eigenvalue weighted by Crippen LogP contribution is 2.30. The zero-order valence-corrected chi connectivity index (χ0v) is 15.8. The van der Waals surface area contributed by atoms with E-state index in [0.29, 0.717) is 23.9 Å². The molecule has 1 fully saturated rings. The predicted octanol–water partition coefficient (Wildman–Crippen LogP) is 4.58. The maximum Gasteiger partial charge on any atom is 0.253 e. The summed E-state index contributed by atoms with van der Waals surface area (Å²) in [7, 11) is 0. The number of thiophene rings is 1. The van der Waals surface area contributed by atoms with Gasteiger partial charge in [-0.25, -0.2) is 0 Å². The Kier molecular flexibility index (Phi) is 4.67. The van der Waals surface area contributed by atoms with Gasteiger partial charge >= 0.3 is 0 Å². The average molecular weight is 418 g/mol. The van der Waals surface area contributed by atoms with Crippen molar-refractivity contribution in [3.8, 4) is 11.5 Å². The van der Waals surface area contributed by atoms with Crippen LogP contribution >= 0.6 is 27.3 Å². The Morgan fingerprint density at radius 2 is 2.24 bits per heavy atom. The molecule has 0 radical (unpaired) electrons. The van der Waals surface area contributed by atoms with Crippen molar-refractivity contribution < 1.29 is 9.21 Å². The van der Waals surface area contributed by atoms with Crippen LogP contribution in [0.15, 0.2) is 50.0 Å². The van der Waals surface area contributed by atoms with Gasteiger partial charge in [0.25, 0.3) is 5.91 Å². The Hall–Kier alpha value is -1.99. The highest BCUT2D eigenvalue weighted by atomic mass is 79.9. The summed E-state index contributed by atoms with van der Waals surface area (Å²) >= 11 is 5.02. The molecule has 128 valence electrons. The summed E-state index contributed by atoms with van der Waals surface area (Å²) in [4.78, 5) is 14.6. The lowest BCUT2D eigenvalue weighted by Crippen LogP contribution is -2.39. The molecule has 0 spiro atoms. The van der Waals surface area contributed by atoms with Crippen LogP contribution in [0.2, 0.25) is 0 Å². The van der Waals surface area contributed by atoms with E-state index in [4.69, 9.17) is 4.42 Å². The van der Waals surface area contributed by atoms with E-state index in [9.17, 15) is 4.79 Å². The van der Waals surface area contributed by atoms with Crippen molar-refractivity contribution >= 4 is 33.2 Å². The second kappa shape index (κ2) is 7.09. The summed E-state index contributed by atoms with van der Waals surface area (Å²) in [5.41, 5.74) is 1.64. The van der Waals surface area contributed by atoms with Gasteiger partial charge in [0.1, 0.15) is 0 Å². The molecule has 1 atom stereocenters. The summed E-state index contributed by atoms with van der Waals surface area (Å²) in [6.45, 7) is 1.37. The molecule has 0 bridgehead atoms. The normalized spacial score (nSPS) is 17.6. The SMILES string of the molecule is O=C(c1cccc(Br)c1)N1CCCC(c2nnc(-c3ccsc3)o2)C1. The lowest BCUT2D eigenvalue weighted by atomic mass is 9.97. The van der Waals surface area contributed by atoms with Crippen LogP contribution in [-0.2, 0) is 0 Å². The molecule has 1 amide bonds. The molecule has 7 heteroatoms. The van der Waals surface area contributed by atoms with Crippen LogP contribution in [0.1, 0.15) is 35.0 Å². The summed E-state index contributed by atoms with van der Waals surface area (Å²) in [5.74, 6) is 1.30. The van der Waals surface area contributed by atoms with Gasteiger partial charge in [-0.15, -0.1) is 10.2 Å². The monoisotopic (exact) mass is 417 g/mol. The van der Waals surface area contributed by atoms with Crippen molar-refractivity contribution in [1.82, 2.24) is 15.1 Å². The van der Waals surface area contributed by atoms with Gasteiger partial charge in [0.2, 0.25) is 11.8 Å². The van der Waals surface area contributed by atoms with Gasteiger partial charge in [0.05, 0.1) is 5.92 Å². The Labute approximate surface area is 157 Å². The third-order valence-corrected chi connectivity index (χ3v) is 5.51.